The first-order valence-corrected chi connectivity index (χ1v) is 8.58. The van der Waals surface area contributed by atoms with Gasteiger partial charge in [-0.25, -0.2) is 4.98 Å². The van der Waals surface area contributed by atoms with Crippen LogP contribution in [0.4, 0.5) is 0 Å². The molecule has 1 aromatic heterocycles. The Balaban J connectivity index is 1.96. The molecule has 3 rings (SSSR count). The summed E-state index contributed by atoms with van der Waals surface area (Å²) in [6.45, 7) is 2.11. The Kier molecular flexibility index (Phi) is 4.43. The lowest BCUT2D eigenvalue weighted by molar-refractivity contribution is 1.14. The highest BCUT2D eigenvalue weighted by atomic mass is 79.9. The van der Waals surface area contributed by atoms with Crippen LogP contribution >= 0.6 is 38.9 Å². The molecule has 0 atom stereocenters. The summed E-state index contributed by atoms with van der Waals surface area (Å²) in [7, 11) is 0. The maximum absolute atomic E-state index is 6.23. The van der Waals surface area contributed by atoms with Gasteiger partial charge in [0.05, 0.1) is 10.7 Å². The summed E-state index contributed by atoms with van der Waals surface area (Å²) >= 11 is 11.6. The Morgan fingerprint density at radius 1 is 1.10 bits per heavy atom. The third kappa shape index (κ3) is 3.20. The van der Waals surface area contributed by atoms with Crippen molar-refractivity contribution in [2.24, 2.45) is 0 Å². The fraction of sp³-hybridized carbons (Fsp3) is 0.118. The predicted molar refractivity (Wildman–Crippen MR) is 94.2 cm³/mol. The Bertz CT molecular complexity index is 782. The lowest BCUT2D eigenvalue weighted by Crippen LogP contribution is -1.89. The van der Waals surface area contributed by atoms with Crippen molar-refractivity contribution in [2.45, 2.75) is 13.3 Å². The van der Waals surface area contributed by atoms with Crippen LogP contribution in [0.25, 0.3) is 11.3 Å². The summed E-state index contributed by atoms with van der Waals surface area (Å²) in [4.78, 5) is 6.03. The third-order valence-electron chi connectivity index (χ3n) is 3.27. The van der Waals surface area contributed by atoms with Crippen molar-refractivity contribution in [3.8, 4) is 11.3 Å². The molecule has 106 valence electrons. The van der Waals surface area contributed by atoms with Crippen LogP contribution < -0.4 is 0 Å². The van der Waals surface area contributed by atoms with Crippen molar-refractivity contribution < 1.29 is 0 Å². The zero-order valence-electron chi connectivity index (χ0n) is 11.4. The first-order valence-electron chi connectivity index (χ1n) is 6.60. The number of thiazole rings is 1. The molecule has 1 nitrogen and oxygen atoms in total. The molecule has 0 amide bonds. The van der Waals surface area contributed by atoms with E-state index in [0.29, 0.717) is 0 Å². The van der Waals surface area contributed by atoms with Crippen LogP contribution in [0.5, 0.6) is 0 Å². The number of nitrogens with zero attached hydrogens (tertiary/aromatic N) is 1. The zero-order chi connectivity index (χ0) is 14.8. The van der Waals surface area contributed by atoms with E-state index in [9.17, 15) is 0 Å². The summed E-state index contributed by atoms with van der Waals surface area (Å²) in [6.07, 6.45) is 0.773. The van der Waals surface area contributed by atoms with E-state index in [0.717, 1.165) is 37.7 Å². The maximum Gasteiger partial charge on any atom is 0.0979 e. The maximum atomic E-state index is 6.23. The van der Waals surface area contributed by atoms with Gasteiger partial charge in [0.2, 0.25) is 0 Å². The smallest absolute Gasteiger partial charge is 0.0979 e. The first kappa shape index (κ1) is 14.8. The van der Waals surface area contributed by atoms with Gasteiger partial charge >= 0.3 is 0 Å². The molecular formula is C17H13BrClNS. The number of hydrogen-bond acceptors (Lipinski definition) is 2. The molecule has 1 heterocycles. The summed E-state index contributed by atoms with van der Waals surface area (Å²) in [5.41, 5.74) is 3.30. The Morgan fingerprint density at radius 3 is 2.57 bits per heavy atom. The highest BCUT2D eigenvalue weighted by Gasteiger charge is 2.13. The minimum atomic E-state index is 0.773. The molecule has 21 heavy (non-hydrogen) atoms. The molecule has 0 saturated heterocycles. The molecule has 0 aliphatic carbocycles. The van der Waals surface area contributed by atoms with Gasteiger partial charge in [-0.1, -0.05) is 63.9 Å². The van der Waals surface area contributed by atoms with E-state index in [1.807, 2.05) is 36.4 Å². The van der Waals surface area contributed by atoms with Crippen molar-refractivity contribution >= 4 is 38.9 Å². The monoisotopic (exact) mass is 377 g/mol. The molecule has 0 saturated carbocycles. The number of hydrogen-bond donors (Lipinski definition) is 0. The first-order chi connectivity index (χ1) is 10.1. The van der Waals surface area contributed by atoms with Gasteiger partial charge in [-0.05, 0) is 24.6 Å². The topological polar surface area (TPSA) is 12.9 Å². The Labute approximate surface area is 141 Å². The highest BCUT2D eigenvalue weighted by Crippen LogP contribution is 2.33. The van der Waals surface area contributed by atoms with E-state index in [4.69, 9.17) is 16.6 Å². The SMILES string of the molecule is Cc1sc(Cc2ccccc2Cl)nc1-c1ccccc1Br. The molecule has 0 radical (unpaired) electrons. The van der Waals surface area contributed by atoms with Crippen LogP contribution in [0.2, 0.25) is 5.02 Å². The van der Waals surface area contributed by atoms with Crippen LogP contribution in [0.1, 0.15) is 15.4 Å². The number of rotatable bonds is 3. The van der Waals surface area contributed by atoms with Crippen LogP contribution in [-0.4, -0.2) is 4.98 Å². The zero-order valence-corrected chi connectivity index (χ0v) is 14.6. The molecule has 0 N–H and O–H groups in total. The molecule has 0 fully saturated rings. The largest absolute Gasteiger partial charge is 0.241 e. The highest BCUT2D eigenvalue weighted by molar-refractivity contribution is 9.10. The molecule has 2 aromatic carbocycles. The standard InChI is InChI=1S/C17H13BrClNS/c1-11-17(13-7-3-4-8-14(13)18)20-16(21-11)10-12-6-2-5-9-15(12)19/h2-9H,10H2,1H3. The third-order valence-corrected chi connectivity index (χ3v) is 5.30. The molecular weight excluding hydrogens is 366 g/mol. The molecule has 0 aliphatic heterocycles. The van der Waals surface area contributed by atoms with E-state index in [1.54, 1.807) is 11.3 Å². The predicted octanol–water partition coefficient (Wildman–Crippen LogP) is 6.13. The minimum absolute atomic E-state index is 0.773. The molecule has 0 aliphatic rings. The normalized spacial score (nSPS) is 10.8. The average Bonchev–Trinajstić information content (AvgIpc) is 2.83. The van der Waals surface area contributed by atoms with Gasteiger partial charge in [0.15, 0.2) is 0 Å². The Morgan fingerprint density at radius 2 is 1.81 bits per heavy atom. The van der Waals surface area contributed by atoms with Gasteiger partial charge in [-0.3, -0.25) is 0 Å². The fourth-order valence-corrected chi connectivity index (χ4v) is 3.88. The average molecular weight is 379 g/mol. The van der Waals surface area contributed by atoms with Gasteiger partial charge in [0.25, 0.3) is 0 Å². The van der Waals surface area contributed by atoms with E-state index < -0.39 is 0 Å². The van der Waals surface area contributed by atoms with Crippen LogP contribution in [-0.2, 0) is 6.42 Å². The molecule has 0 bridgehead atoms. The van der Waals surface area contributed by atoms with Crippen molar-refractivity contribution in [2.75, 3.05) is 0 Å². The molecule has 3 aromatic rings. The Hall–Kier alpha value is -1.16. The van der Waals surface area contributed by atoms with Crippen molar-refractivity contribution in [1.82, 2.24) is 4.98 Å². The van der Waals surface area contributed by atoms with Crippen molar-refractivity contribution in [3.05, 3.63) is 73.5 Å². The van der Waals surface area contributed by atoms with Gasteiger partial charge in [-0.2, -0.15) is 0 Å². The van der Waals surface area contributed by atoms with Crippen LogP contribution in [0, 0.1) is 6.92 Å². The van der Waals surface area contributed by atoms with E-state index in [2.05, 4.69) is 35.0 Å². The lowest BCUT2D eigenvalue weighted by atomic mass is 10.1. The lowest BCUT2D eigenvalue weighted by Gasteiger charge is -2.02. The molecule has 0 spiro atoms. The van der Waals surface area contributed by atoms with Gasteiger partial charge in [0.1, 0.15) is 0 Å². The summed E-state index contributed by atoms with van der Waals surface area (Å²) in [6, 6.07) is 16.1. The second kappa shape index (κ2) is 6.30. The van der Waals surface area contributed by atoms with Crippen LogP contribution in [0.3, 0.4) is 0 Å². The number of benzene rings is 2. The summed E-state index contributed by atoms with van der Waals surface area (Å²) < 4.78 is 1.07. The second-order valence-electron chi connectivity index (χ2n) is 4.76. The minimum Gasteiger partial charge on any atom is -0.241 e. The van der Waals surface area contributed by atoms with Crippen molar-refractivity contribution in [3.63, 3.8) is 0 Å². The number of aryl methyl sites for hydroxylation is 1. The van der Waals surface area contributed by atoms with Gasteiger partial charge in [0, 0.05) is 26.4 Å². The second-order valence-corrected chi connectivity index (χ2v) is 7.31. The quantitative estimate of drug-likeness (QED) is 0.534. The van der Waals surface area contributed by atoms with Crippen LogP contribution in [0.15, 0.2) is 53.0 Å². The van der Waals surface area contributed by atoms with Gasteiger partial charge in [-0.15, -0.1) is 11.3 Å². The number of halogens is 2. The van der Waals surface area contributed by atoms with Gasteiger partial charge < -0.3 is 0 Å². The van der Waals surface area contributed by atoms with Crippen molar-refractivity contribution in [1.29, 1.82) is 0 Å². The molecule has 0 unspecified atom stereocenters. The van der Waals surface area contributed by atoms with E-state index in [1.165, 1.54) is 4.88 Å². The summed E-state index contributed by atoms with van der Waals surface area (Å²) in [5, 5.41) is 1.89. The fourth-order valence-electron chi connectivity index (χ4n) is 2.23. The molecule has 4 heteroatoms. The number of aromatic nitrogens is 1. The summed E-state index contributed by atoms with van der Waals surface area (Å²) in [5.74, 6) is 0. The van der Waals surface area contributed by atoms with E-state index in [-0.39, 0.29) is 0 Å². The van der Waals surface area contributed by atoms with E-state index >= 15 is 0 Å².